The van der Waals surface area contributed by atoms with Gasteiger partial charge in [-0.1, -0.05) is 25.1 Å². The quantitative estimate of drug-likeness (QED) is 0.855. The Morgan fingerprint density at radius 1 is 1.32 bits per heavy atom. The van der Waals surface area contributed by atoms with Crippen molar-refractivity contribution in [2.75, 3.05) is 44.7 Å². The minimum Gasteiger partial charge on any atom is -0.324 e. The minimum atomic E-state index is 0.200. The van der Waals surface area contributed by atoms with Gasteiger partial charge in [0.15, 0.2) is 0 Å². The number of hydrogen-bond acceptors (Lipinski definition) is 2. The number of nitrogens with zero attached hydrogens (tertiary/aromatic N) is 3. The molecule has 0 saturated carbocycles. The average molecular weight is 301 g/mol. The molecule has 0 aliphatic carbocycles. The number of likely N-dealkylation sites (tertiary alicyclic amines) is 1. The Bertz CT molecular complexity index is 531. The Hall–Kier alpha value is -1.55. The van der Waals surface area contributed by atoms with Gasteiger partial charge in [0, 0.05) is 31.9 Å². The fraction of sp³-hybridized carbons (Fsp3) is 0.611. The van der Waals surface area contributed by atoms with E-state index >= 15 is 0 Å². The van der Waals surface area contributed by atoms with Gasteiger partial charge in [0.25, 0.3) is 0 Å². The van der Waals surface area contributed by atoms with Crippen molar-refractivity contribution in [2.45, 2.75) is 26.2 Å². The normalized spacial score (nSPS) is 20.8. The molecule has 2 amide bonds. The van der Waals surface area contributed by atoms with Gasteiger partial charge in [0.1, 0.15) is 0 Å². The number of urea groups is 1. The maximum absolute atomic E-state index is 12.8. The second kappa shape index (κ2) is 6.69. The predicted molar refractivity (Wildman–Crippen MR) is 90.4 cm³/mol. The van der Waals surface area contributed by atoms with E-state index in [2.05, 4.69) is 37.1 Å². The molecule has 1 fully saturated rings. The van der Waals surface area contributed by atoms with Crippen LogP contribution in [0.1, 0.15) is 25.3 Å². The lowest BCUT2D eigenvalue weighted by atomic mass is 10.1. The minimum absolute atomic E-state index is 0.200. The summed E-state index contributed by atoms with van der Waals surface area (Å²) in [5.74, 6) is 0.623. The fourth-order valence-electron chi connectivity index (χ4n) is 3.78. The molecule has 0 aromatic heterocycles. The van der Waals surface area contributed by atoms with E-state index in [1.54, 1.807) is 0 Å². The van der Waals surface area contributed by atoms with Crippen molar-refractivity contribution in [3.05, 3.63) is 29.8 Å². The number of para-hydroxylation sites is 1. The lowest BCUT2D eigenvalue weighted by molar-refractivity contribution is 0.211. The smallest absolute Gasteiger partial charge is 0.324 e. The van der Waals surface area contributed by atoms with Crippen LogP contribution in [0.25, 0.3) is 0 Å². The van der Waals surface area contributed by atoms with Crippen LogP contribution in [0, 0.1) is 5.92 Å². The third-order valence-corrected chi connectivity index (χ3v) is 4.85. The van der Waals surface area contributed by atoms with E-state index in [1.165, 1.54) is 12.0 Å². The first-order chi connectivity index (χ1) is 10.7. The van der Waals surface area contributed by atoms with Crippen LogP contribution in [-0.2, 0) is 6.42 Å². The van der Waals surface area contributed by atoms with E-state index < -0.39 is 0 Å². The van der Waals surface area contributed by atoms with E-state index in [4.69, 9.17) is 0 Å². The van der Waals surface area contributed by atoms with Gasteiger partial charge in [-0.15, -0.1) is 0 Å². The van der Waals surface area contributed by atoms with Gasteiger partial charge in [0.2, 0.25) is 0 Å². The third kappa shape index (κ3) is 3.12. The number of benzene rings is 1. The summed E-state index contributed by atoms with van der Waals surface area (Å²) < 4.78 is 0. The topological polar surface area (TPSA) is 26.8 Å². The van der Waals surface area contributed by atoms with Gasteiger partial charge >= 0.3 is 6.03 Å². The monoisotopic (exact) mass is 301 g/mol. The van der Waals surface area contributed by atoms with Crippen LogP contribution in [0.4, 0.5) is 10.5 Å². The first-order valence-electron chi connectivity index (χ1n) is 8.52. The predicted octanol–water partition coefficient (Wildman–Crippen LogP) is 2.83. The highest BCUT2D eigenvalue weighted by atomic mass is 16.2. The van der Waals surface area contributed by atoms with Crippen LogP contribution in [0.15, 0.2) is 24.3 Å². The molecule has 0 spiro atoms. The summed E-state index contributed by atoms with van der Waals surface area (Å²) in [7, 11) is 2.19. The first-order valence-corrected chi connectivity index (χ1v) is 8.52. The van der Waals surface area contributed by atoms with Crippen molar-refractivity contribution >= 4 is 11.7 Å². The number of anilines is 1. The molecule has 4 nitrogen and oxygen atoms in total. The molecular weight excluding hydrogens is 274 g/mol. The molecule has 0 radical (unpaired) electrons. The van der Waals surface area contributed by atoms with Gasteiger partial charge in [-0.25, -0.2) is 4.79 Å². The molecule has 0 bridgehead atoms. The Labute approximate surface area is 133 Å². The molecule has 22 heavy (non-hydrogen) atoms. The number of fused-ring (bicyclic) bond motifs is 1. The van der Waals surface area contributed by atoms with E-state index in [0.29, 0.717) is 5.92 Å². The summed E-state index contributed by atoms with van der Waals surface area (Å²) >= 11 is 0. The maximum Gasteiger partial charge on any atom is 0.324 e. The van der Waals surface area contributed by atoms with Crippen LogP contribution in [0.2, 0.25) is 0 Å². The molecule has 1 atom stereocenters. The molecule has 120 valence electrons. The molecule has 0 unspecified atom stereocenters. The highest BCUT2D eigenvalue weighted by molar-refractivity contribution is 5.94. The van der Waals surface area contributed by atoms with Gasteiger partial charge in [-0.05, 0) is 50.4 Å². The second-order valence-electron chi connectivity index (χ2n) is 6.68. The molecule has 2 aliphatic rings. The lowest BCUT2D eigenvalue weighted by Gasteiger charge is -2.25. The fourth-order valence-corrected chi connectivity index (χ4v) is 3.78. The third-order valence-electron chi connectivity index (χ3n) is 4.85. The maximum atomic E-state index is 12.8. The summed E-state index contributed by atoms with van der Waals surface area (Å²) in [5.41, 5.74) is 2.41. The lowest BCUT2D eigenvalue weighted by Crippen LogP contribution is -2.41. The van der Waals surface area contributed by atoms with Crippen molar-refractivity contribution in [1.29, 1.82) is 0 Å². The van der Waals surface area contributed by atoms with E-state index in [-0.39, 0.29) is 6.03 Å². The van der Waals surface area contributed by atoms with Crippen LogP contribution < -0.4 is 4.90 Å². The van der Waals surface area contributed by atoms with Crippen LogP contribution in [0.3, 0.4) is 0 Å². The molecular formula is C18H27N3O. The van der Waals surface area contributed by atoms with Crippen LogP contribution in [-0.4, -0.2) is 55.6 Å². The highest BCUT2D eigenvalue weighted by Gasteiger charge is 2.32. The Kier molecular flexibility index (Phi) is 4.67. The van der Waals surface area contributed by atoms with Gasteiger partial charge in [0.05, 0.1) is 0 Å². The van der Waals surface area contributed by atoms with Crippen molar-refractivity contribution < 1.29 is 4.79 Å². The van der Waals surface area contributed by atoms with Gasteiger partial charge < -0.3 is 9.80 Å². The largest absolute Gasteiger partial charge is 0.324 e. The summed E-state index contributed by atoms with van der Waals surface area (Å²) in [6.45, 7) is 7.10. The molecule has 0 N–H and O–H groups in total. The standard InChI is InChI=1S/C18H27N3O/c1-3-10-19(2)13-15-8-11-20(14-15)18(22)21-12-9-16-6-4-5-7-17(16)21/h4-7,15H,3,8-14H2,1-2H3/t15-/m1/s1. The van der Waals surface area contributed by atoms with Crippen LogP contribution >= 0.6 is 0 Å². The SMILES string of the molecule is CCCN(C)C[C@H]1CCN(C(=O)N2CCc3ccccc32)C1. The van der Waals surface area contributed by atoms with E-state index in [9.17, 15) is 4.79 Å². The van der Waals surface area contributed by atoms with Crippen molar-refractivity contribution in [1.82, 2.24) is 9.80 Å². The number of hydrogen-bond donors (Lipinski definition) is 0. The number of amides is 2. The zero-order chi connectivity index (χ0) is 15.5. The van der Waals surface area contributed by atoms with E-state index in [1.807, 2.05) is 15.9 Å². The Balaban J connectivity index is 1.58. The van der Waals surface area contributed by atoms with Gasteiger partial charge in [-0.2, -0.15) is 0 Å². The summed E-state index contributed by atoms with van der Waals surface area (Å²) in [6.07, 6.45) is 3.31. The first kappa shape index (κ1) is 15.3. The zero-order valence-corrected chi connectivity index (χ0v) is 13.8. The molecule has 1 saturated heterocycles. The zero-order valence-electron chi connectivity index (χ0n) is 13.8. The number of rotatable bonds is 4. The molecule has 2 heterocycles. The molecule has 4 heteroatoms. The molecule has 1 aromatic carbocycles. The van der Waals surface area contributed by atoms with Crippen molar-refractivity contribution in [3.63, 3.8) is 0 Å². The second-order valence-corrected chi connectivity index (χ2v) is 6.68. The molecule has 3 rings (SSSR count). The Morgan fingerprint density at radius 3 is 2.95 bits per heavy atom. The summed E-state index contributed by atoms with van der Waals surface area (Å²) in [4.78, 5) is 19.2. The molecule has 1 aromatic rings. The number of carbonyl (C=O) groups is 1. The van der Waals surface area contributed by atoms with E-state index in [0.717, 1.165) is 51.3 Å². The van der Waals surface area contributed by atoms with Gasteiger partial charge in [-0.3, -0.25) is 4.90 Å². The van der Waals surface area contributed by atoms with Crippen molar-refractivity contribution in [2.24, 2.45) is 5.92 Å². The van der Waals surface area contributed by atoms with Crippen molar-refractivity contribution in [3.8, 4) is 0 Å². The summed E-state index contributed by atoms with van der Waals surface area (Å²) in [6, 6.07) is 8.49. The Morgan fingerprint density at radius 2 is 2.14 bits per heavy atom. The number of carbonyl (C=O) groups excluding carboxylic acids is 1. The summed E-state index contributed by atoms with van der Waals surface area (Å²) in [5, 5.41) is 0. The van der Waals surface area contributed by atoms with Crippen LogP contribution in [0.5, 0.6) is 0 Å². The average Bonchev–Trinajstić information content (AvgIpc) is 3.13. The highest BCUT2D eigenvalue weighted by Crippen LogP contribution is 2.29. The molecule has 2 aliphatic heterocycles.